The van der Waals surface area contributed by atoms with Crippen molar-refractivity contribution in [3.05, 3.63) is 11.1 Å². The number of ether oxygens (including phenoxy) is 1. The second kappa shape index (κ2) is 10.6. The molecule has 22 heavy (non-hydrogen) atoms. The monoisotopic (exact) mass is 346 g/mol. The fraction of sp³-hybridized carbons (Fsp3) is 0.882. The molecule has 0 spiro atoms. The maximum Gasteiger partial charge on any atom is 0.129 e. The van der Waals surface area contributed by atoms with E-state index < -0.39 is 22.3 Å². The molecule has 0 amide bonds. The van der Waals surface area contributed by atoms with Gasteiger partial charge in [-0.3, -0.25) is 0 Å². The topological polar surface area (TPSA) is 49.7 Å². The van der Waals surface area contributed by atoms with E-state index in [0.717, 1.165) is 0 Å². The summed E-state index contributed by atoms with van der Waals surface area (Å²) in [7, 11) is -3.02. The van der Waals surface area contributed by atoms with Crippen LogP contribution in [0.1, 0.15) is 41.5 Å². The zero-order valence-electron chi connectivity index (χ0n) is 15.6. The summed E-state index contributed by atoms with van der Waals surface area (Å²) in [5, 5.41) is 20.0. The van der Waals surface area contributed by atoms with Gasteiger partial charge in [0.25, 0.3) is 0 Å². The van der Waals surface area contributed by atoms with Gasteiger partial charge in [-0.1, -0.05) is 83.5 Å². The number of aliphatic hydroxyl groups excluding tert-OH is 2. The van der Waals surface area contributed by atoms with Crippen LogP contribution in [-0.2, 0) is 4.74 Å². The van der Waals surface area contributed by atoms with Crippen LogP contribution in [0.3, 0.4) is 0 Å². The van der Waals surface area contributed by atoms with E-state index in [1.165, 1.54) is 41.6 Å². The van der Waals surface area contributed by atoms with Crippen molar-refractivity contribution in [1.29, 1.82) is 0 Å². The van der Waals surface area contributed by atoms with Crippen LogP contribution in [0.15, 0.2) is 11.1 Å². The smallest absolute Gasteiger partial charge is 0.129 e. The number of rotatable bonds is 12. The first-order valence-corrected chi connectivity index (χ1v) is 14.4. The largest absolute Gasteiger partial charge is 0.501 e. The zero-order chi connectivity index (χ0) is 17.2. The van der Waals surface area contributed by atoms with E-state index in [1.807, 2.05) is 0 Å². The van der Waals surface area contributed by atoms with Crippen LogP contribution < -0.4 is 0 Å². The van der Waals surface area contributed by atoms with E-state index in [-0.39, 0.29) is 13.2 Å². The molecule has 0 saturated heterocycles. The molecular weight excluding hydrogens is 308 g/mol. The first-order valence-electron chi connectivity index (χ1n) is 9.08. The Morgan fingerprint density at radius 2 is 1.36 bits per heavy atom. The Kier molecular flexibility index (Phi) is 10.6. The average Bonchev–Trinajstić information content (AvgIpc) is 2.58. The third-order valence-electron chi connectivity index (χ3n) is 5.74. The second-order valence-electron chi connectivity index (χ2n) is 6.42. The van der Waals surface area contributed by atoms with E-state index in [0.29, 0.717) is 0 Å². The van der Waals surface area contributed by atoms with Crippen molar-refractivity contribution in [3.8, 4) is 0 Å². The van der Waals surface area contributed by atoms with E-state index >= 15 is 0 Å². The minimum atomic E-state index is -1.60. The zero-order valence-corrected chi connectivity index (χ0v) is 17.6. The third kappa shape index (κ3) is 5.51. The van der Waals surface area contributed by atoms with E-state index in [4.69, 9.17) is 9.84 Å². The molecule has 0 fully saturated rings. The molecular formula is C17H38O3Si2. The predicted molar refractivity (Wildman–Crippen MR) is 102 cm³/mol. The highest BCUT2D eigenvalue weighted by molar-refractivity contribution is 6.90. The fourth-order valence-corrected chi connectivity index (χ4v) is 11.0. The fourth-order valence-electron chi connectivity index (χ4n) is 3.19. The van der Waals surface area contributed by atoms with Crippen molar-refractivity contribution in [2.24, 2.45) is 0 Å². The van der Waals surface area contributed by atoms with Crippen molar-refractivity contribution >= 4 is 16.1 Å². The molecule has 0 aliphatic rings. The number of hydrogen-bond donors (Lipinski definition) is 2. The molecule has 132 valence electrons. The Bertz CT molecular complexity index is 307. The Hall–Kier alpha value is -0.106. The van der Waals surface area contributed by atoms with Crippen LogP contribution in [0.4, 0.5) is 0 Å². The lowest BCUT2D eigenvalue weighted by Crippen LogP contribution is -2.40. The summed E-state index contributed by atoms with van der Waals surface area (Å²) in [5.41, 5.74) is 2.53. The molecule has 3 nitrogen and oxygen atoms in total. The summed E-state index contributed by atoms with van der Waals surface area (Å²) < 4.78 is 6.14. The molecule has 1 atom stereocenters. The van der Waals surface area contributed by atoms with Gasteiger partial charge in [0, 0.05) is 0 Å². The van der Waals surface area contributed by atoms with Gasteiger partial charge in [0.05, 0.1) is 20.1 Å². The van der Waals surface area contributed by atoms with Gasteiger partial charge < -0.3 is 14.9 Å². The minimum absolute atomic E-state index is 0.221. The van der Waals surface area contributed by atoms with Gasteiger partial charge in [-0.05, 0) is 0 Å². The van der Waals surface area contributed by atoms with E-state index in [1.54, 1.807) is 0 Å². The van der Waals surface area contributed by atoms with Crippen molar-refractivity contribution in [1.82, 2.24) is 0 Å². The Morgan fingerprint density at radius 3 is 1.68 bits per heavy atom. The van der Waals surface area contributed by atoms with Crippen LogP contribution in [0, 0.1) is 0 Å². The molecule has 5 heteroatoms. The van der Waals surface area contributed by atoms with Gasteiger partial charge in [0.1, 0.15) is 20.8 Å². The van der Waals surface area contributed by atoms with Gasteiger partial charge in [-0.2, -0.15) is 0 Å². The molecule has 0 aliphatic carbocycles. The summed E-state index contributed by atoms with van der Waals surface area (Å²) in [6.07, 6.45) is -0.776. The molecule has 0 aliphatic heterocycles. The minimum Gasteiger partial charge on any atom is -0.501 e. The molecule has 0 radical (unpaired) electrons. The molecule has 1 unspecified atom stereocenters. The summed E-state index contributed by atoms with van der Waals surface area (Å²) in [6, 6.07) is 7.29. The molecule has 0 aromatic carbocycles. The number of hydrogen-bond acceptors (Lipinski definition) is 3. The maximum absolute atomic E-state index is 9.69. The van der Waals surface area contributed by atoms with Crippen LogP contribution in [0.2, 0.25) is 36.3 Å². The Morgan fingerprint density at radius 1 is 0.909 bits per heavy atom. The quantitative estimate of drug-likeness (QED) is 0.408. The first kappa shape index (κ1) is 21.9. The molecule has 0 aromatic heterocycles. The van der Waals surface area contributed by atoms with Crippen molar-refractivity contribution in [2.75, 3.05) is 13.2 Å². The summed E-state index contributed by atoms with van der Waals surface area (Å²) in [6.45, 7) is 13.8. The van der Waals surface area contributed by atoms with Crippen molar-refractivity contribution in [2.45, 2.75) is 83.9 Å². The van der Waals surface area contributed by atoms with Crippen LogP contribution >= 0.6 is 0 Å². The van der Waals surface area contributed by atoms with Crippen molar-refractivity contribution < 1.29 is 14.9 Å². The van der Waals surface area contributed by atoms with E-state index in [2.05, 4.69) is 47.2 Å². The first-order chi connectivity index (χ1) is 10.4. The standard InChI is InChI=1S/C17H38O3Si2/c1-7-21(8-2,9-3)15-17(20-14-16(19)13-18)22(10-4,11-5)12-6/h15-16,18-19H,7-14H2,1-6H3. The molecule has 0 rings (SSSR count). The molecule has 0 saturated carbocycles. The van der Waals surface area contributed by atoms with Crippen LogP contribution in [0.5, 0.6) is 0 Å². The van der Waals surface area contributed by atoms with Gasteiger partial charge in [-0.15, -0.1) is 0 Å². The highest BCUT2D eigenvalue weighted by Gasteiger charge is 2.37. The van der Waals surface area contributed by atoms with Gasteiger partial charge in [0.2, 0.25) is 0 Å². The van der Waals surface area contributed by atoms with Gasteiger partial charge >= 0.3 is 0 Å². The highest BCUT2D eigenvalue weighted by atomic mass is 28.3. The second-order valence-corrected chi connectivity index (χ2v) is 16.7. The molecule has 0 bridgehead atoms. The highest BCUT2D eigenvalue weighted by Crippen LogP contribution is 2.33. The normalized spacial score (nSPS) is 15.0. The van der Waals surface area contributed by atoms with E-state index in [9.17, 15) is 5.11 Å². The predicted octanol–water partition coefficient (Wildman–Crippen LogP) is 4.34. The van der Waals surface area contributed by atoms with Gasteiger partial charge in [0.15, 0.2) is 0 Å². The van der Waals surface area contributed by atoms with Gasteiger partial charge in [-0.25, -0.2) is 0 Å². The summed E-state index contributed by atoms with van der Waals surface area (Å²) in [5.74, 6) is 0. The summed E-state index contributed by atoms with van der Waals surface area (Å²) in [4.78, 5) is 0. The van der Waals surface area contributed by atoms with Crippen molar-refractivity contribution in [3.63, 3.8) is 0 Å². The third-order valence-corrected chi connectivity index (χ3v) is 16.5. The lowest BCUT2D eigenvalue weighted by atomic mass is 10.4. The lowest BCUT2D eigenvalue weighted by Gasteiger charge is -2.35. The molecule has 0 heterocycles. The van der Waals surface area contributed by atoms with Crippen LogP contribution in [0.25, 0.3) is 0 Å². The molecule has 2 N–H and O–H groups in total. The molecule has 0 aromatic rings. The Labute approximate surface area is 139 Å². The lowest BCUT2D eigenvalue weighted by molar-refractivity contribution is 0.0345. The maximum atomic E-state index is 9.69. The average molecular weight is 347 g/mol. The van der Waals surface area contributed by atoms with Crippen LogP contribution in [-0.4, -0.2) is 45.7 Å². The number of aliphatic hydroxyl groups is 2. The summed E-state index contributed by atoms with van der Waals surface area (Å²) >= 11 is 0. The Balaban J connectivity index is 5.66. The SMILES string of the molecule is CC[Si](C=C(OCC(O)CO)[Si](CC)(CC)CC)(CC)CC.